The summed E-state index contributed by atoms with van der Waals surface area (Å²) in [6.45, 7) is 7.53. The lowest BCUT2D eigenvalue weighted by atomic mass is 9.71. The van der Waals surface area contributed by atoms with E-state index in [4.69, 9.17) is 23.8 Å². The van der Waals surface area contributed by atoms with E-state index in [-0.39, 0.29) is 26.4 Å². The van der Waals surface area contributed by atoms with Gasteiger partial charge >= 0.3 is 11.9 Å². The van der Waals surface area contributed by atoms with Gasteiger partial charge in [0.25, 0.3) is 0 Å². The molecule has 0 aromatic heterocycles. The van der Waals surface area contributed by atoms with E-state index in [1.807, 2.05) is 0 Å². The summed E-state index contributed by atoms with van der Waals surface area (Å²) in [5.41, 5.74) is -0.971. The first-order valence-corrected chi connectivity index (χ1v) is 9.24. The minimum absolute atomic E-state index is 0.0532. The van der Waals surface area contributed by atoms with E-state index in [9.17, 15) is 9.59 Å². The van der Waals surface area contributed by atoms with Crippen LogP contribution in [0.15, 0.2) is 30.9 Å². The van der Waals surface area contributed by atoms with Gasteiger partial charge in [-0.2, -0.15) is 5.06 Å². The van der Waals surface area contributed by atoms with Crippen LogP contribution in [0.25, 0.3) is 0 Å². The predicted molar refractivity (Wildman–Crippen MR) is 98.5 cm³/mol. The zero-order valence-corrected chi connectivity index (χ0v) is 16.3. The second kappa shape index (κ2) is 8.20. The van der Waals surface area contributed by atoms with Crippen LogP contribution < -0.4 is 9.47 Å². The first kappa shape index (κ1) is 20.2. The summed E-state index contributed by atoms with van der Waals surface area (Å²) in [7, 11) is 1.66. The fraction of sp³-hybridized carbons (Fsp3) is 0.500. The van der Waals surface area contributed by atoms with E-state index in [1.54, 1.807) is 45.2 Å². The van der Waals surface area contributed by atoms with Gasteiger partial charge in [-0.3, -0.25) is 14.4 Å². The van der Waals surface area contributed by atoms with Crippen LogP contribution in [0, 0.1) is 5.41 Å². The molecule has 152 valence electrons. The molecule has 0 bridgehead atoms. The fourth-order valence-electron chi connectivity index (χ4n) is 3.75. The standard InChI is InChI=1S/C20H25NO7/c1-5-14-11-20(18(22)24-6-2,19(23)25-7-3)17(21(4)28-14)13-8-9-15-16(10-13)27-12-26-15/h5,8-10,14,17H,1,6-7,11-12H2,2-4H3/t14-,17+/m0/s1. The second-order valence-corrected chi connectivity index (χ2v) is 6.56. The lowest BCUT2D eigenvalue weighted by Gasteiger charge is -2.46. The van der Waals surface area contributed by atoms with Crippen molar-refractivity contribution in [1.29, 1.82) is 0 Å². The third kappa shape index (κ3) is 3.33. The smallest absolute Gasteiger partial charge is 0.325 e. The summed E-state index contributed by atoms with van der Waals surface area (Å²) in [4.78, 5) is 32.2. The number of hydroxylamine groups is 2. The average Bonchev–Trinajstić information content (AvgIpc) is 3.15. The number of esters is 2. The summed E-state index contributed by atoms with van der Waals surface area (Å²) in [6.07, 6.45) is 1.06. The maximum absolute atomic E-state index is 13.2. The molecule has 0 amide bonds. The zero-order valence-electron chi connectivity index (χ0n) is 16.3. The number of carbonyl (C=O) groups excluding carboxylic acids is 2. The molecule has 0 N–H and O–H groups in total. The molecule has 0 radical (unpaired) electrons. The van der Waals surface area contributed by atoms with Crippen molar-refractivity contribution in [3.05, 3.63) is 36.4 Å². The van der Waals surface area contributed by atoms with E-state index in [0.29, 0.717) is 17.1 Å². The maximum Gasteiger partial charge on any atom is 0.325 e. The third-order valence-electron chi connectivity index (χ3n) is 4.91. The Bertz CT molecular complexity index is 745. The van der Waals surface area contributed by atoms with Crippen molar-refractivity contribution in [1.82, 2.24) is 5.06 Å². The van der Waals surface area contributed by atoms with Crippen LogP contribution >= 0.6 is 0 Å². The van der Waals surface area contributed by atoms with Crippen molar-refractivity contribution in [3.8, 4) is 11.5 Å². The van der Waals surface area contributed by atoms with Crippen LogP contribution in [-0.2, 0) is 23.9 Å². The molecule has 2 atom stereocenters. The largest absolute Gasteiger partial charge is 0.465 e. The molecule has 8 heteroatoms. The van der Waals surface area contributed by atoms with Gasteiger partial charge in [0, 0.05) is 13.5 Å². The number of rotatable bonds is 6. The maximum atomic E-state index is 13.2. The minimum Gasteiger partial charge on any atom is -0.465 e. The summed E-state index contributed by atoms with van der Waals surface area (Å²) in [5.74, 6) is -0.167. The SMILES string of the molecule is C=C[C@H]1CC(C(=O)OCC)(C(=O)OCC)[C@@H](c2ccc3c(c2)OCO3)N(C)O1. The number of benzene rings is 1. The number of hydrogen-bond donors (Lipinski definition) is 0. The number of carbonyl (C=O) groups is 2. The molecule has 2 aliphatic rings. The van der Waals surface area contributed by atoms with Crippen LogP contribution in [0.3, 0.4) is 0 Å². The van der Waals surface area contributed by atoms with Gasteiger partial charge in [0.2, 0.25) is 6.79 Å². The molecular formula is C20H25NO7. The number of fused-ring (bicyclic) bond motifs is 1. The first-order chi connectivity index (χ1) is 13.5. The van der Waals surface area contributed by atoms with Crippen molar-refractivity contribution >= 4 is 11.9 Å². The Hall–Kier alpha value is -2.58. The third-order valence-corrected chi connectivity index (χ3v) is 4.91. The molecular weight excluding hydrogens is 366 g/mol. The Labute approximate surface area is 163 Å². The van der Waals surface area contributed by atoms with Crippen LogP contribution in [0.4, 0.5) is 0 Å². The van der Waals surface area contributed by atoms with Crippen LogP contribution in [0.2, 0.25) is 0 Å². The van der Waals surface area contributed by atoms with Gasteiger partial charge in [0.15, 0.2) is 16.9 Å². The molecule has 2 aliphatic heterocycles. The monoisotopic (exact) mass is 391 g/mol. The summed E-state index contributed by atoms with van der Waals surface area (Å²) >= 11 is 0. The minimum atomic E-state index is -1.62. The summed E-state index contributed by atoms with van der Waals surface area (Å²) in [5, 5.41) is 1.49. The molecule has 1 saturated heterocycles. The Morgan fingerprint density at radius 1 is 1.21 bits per heavy atom. The van der Waals surface area contributed by atoms with Crippen molar-refractivity contribution in [2.75, 3.05) is 27.1 Å². The summed E-state index contributed by atoms with van der Waals surface area (Å²) in [6, 6.07) is 4.48. The zero-order chi connectivity index (χ0) is 20.3. The molecule has 1 fully saturated rings. The Morgan fingerprint density at radius 2 is 1.86 bits per heavy atom. The highest BCUT2D eigenvalue weighted by atomic mass is 16.7. The van der Waals surface area contributed by atoms with Crippen molar-refractivity contribution < 1.29 is 33.4 Å². The molecule has 1 aromatic rings. The topological polar surface area (TPSA) is 83.5 Å². The van der Waals surface area contributed by atoms with E-state index < -0.39 is 29.5 Å². The van der Waals surface area contributed by atoms with E-state index in [2.05, 4.69) is 6.58 Å². The highest BCUT2D eigenvalue weighted by molar-refractivity contribution is 6.01. The van der Waals surface area contributed by atoms with Crippen LogP contribution in [0.5, 0.6) is 11.5 Å². The molecule has 0 unspecified atom stereocenters. The molecule has 28 heavy (non-hydrogen) atoms. The quantitative estimate of drug-likeness (QED) is 0.415. The van der Waals surface area contributed by atoms with Gasteiger partial charge in [-0.15, -0.1) is 6.58 Å². The second-order valence-electron chi connectivity index (χ2n) is 6.56. The van der Waals surface area contributed by atoms with E-state index in [0.717, 1.165) is 0 Å². The molecule has 8 nitrogen and oxygen atoms in total. The molecule has 0 aliphatic carbocycles. The van der Waals surface area contributed by atoms with E-state index >= 15 is 0 Å². The molecule has 1 aromatic carbocycles. The molecule has 3 rings (SSSR count). The lowest BCUT2D eigenvalue weighted by Crippen LogP contribution is -2.57. The average molecular weight is 391 g/mol. The molecule has 0 saturated carbocycles. The van der Waals surface area contributed by atoms with Crippen molar-refractivity contribution in [3.63, 3.8) is 0 Å². The van der Waals surface area contributed by atoms with Crippen LogP contribution in [0.1, 0.15) is 31.9 Å². The highest BCUT2D eigenvalue weighted by Gasteiger charge is 2.61. The number of ether oxygens (including phenoxy) is 4. The first-order valence-electron chi connectivity index (χ1n) is 9.24. The van der Waals surface area contributed by atoms with Crippen molar-refractivity contribution in [2.24, 2.45) is 5.41 Å². The Morgan fingerprint density at radius 3 is 2.46 bits per heavy atom. The van der Waals surface area contributed by atoms with Gasteiger partial charge in [0.1, 0.15) is 0 Å². The van der Waals surface area contributed by atoms with Gasteiger partial charge in [-0.1, -0.05) is 12.1 Å². The normalized spacial score (nSPS) is 23.1. The van der Waals surface area contributed by atoms with Crippen molar-refractivity contribution in [2.45, 2.75) is 32.4 Å². The molecule has 0 spiro atoms. The Balaban J connectivity index is 2.14. The van der Waals surface area contributed by atoms with Gasteiger partial charge in [0.05, 0.1) is 25.4 Å². The van der Waals surface area contributed by atoms with E-state index in [1.165, 1.54) is 5.06 Å². The number of hydrogen-bond acceptors (Lipinski definition) is 8. The predicted octanol–water partition coefficient (Wildman–Crippen LogP) is 2.39. The number of nitrogens with zero attached hydrogens (tertiary/aromatic N) is 1. The summed E-state index contributed by atoms with van der Waals surface area (Å²) < 4.78 is 21.5. The van der Waals surface area contributed by atoms with Gasteiger partial charge in [-0.25, -0.2) is 0 Å². The lowest BCUT2D eigenvalue weighted by molar-refractivity contribution is -0.265. The Kier molecular flexibility index (Phi) is 5.90. The van der Waals surface area contributed by atoms with Gasteiger partial charge < -0.3 is 18.9 Å². The van der Waals surface area contributed by atoms with Gasteiger partial charge in [-0.05, 0) is 31.5 Å². The highest BCUT2D eigenvalue weighted by Crippen LogP contribution is 2.50. The molecule has 2 heterocycles. The fourth-order valence-corrected chi connectivity index (χ4v) is 3.75. The van der Waals surface area contributed by atoms with Crippen LogP contribution in [-0.4, -0.2) is 50.2 Å².